The van der Waals surface area contributed by atoms with Crippen molar-refractivity contribution in [2.24, 2.45) is 0 Å². The standard InChI is InChI=1S/C21H23N3O5S/c1-2-3-14-22-21(27)17-6-4-5-7-18(17)23-30(28,29)16-10-8-15(9-11-16)24-19(25)12-13-20(24)26/h4-11,23H,2-3,12-14H2,1H3,(H,22,27). The van der Waals surface area contributed by atoms with Gasteiger partial charge in [0.1, 0.15) is 0 Å². The second kappa shape index (κ2) is 9.08. The van der Waals surface area contributed by atoms with Crippen molar-refractivity contribution in [1.29, 1.82) is 0 Å². The van der Waals surface area contributed by atoms with Gasteiger partial charge in [0.05, 0.1) is 21.8 Å². The summed E-state index contributed by atoms with van der Waals surface area (Å²) in [6, 6.07) is 11.8. The Hall–Kier alpha value is -3.20. The molecule has 2 aromatic carbocycles. The Morgan fingerprint density at radius 2 is 1.63 bits per heavy atom. The predicted molar refractivity (Wildman–Crippen MR) is 113 cm³/mol. The Morgan fingerprint density at radius 3 is 2.27 bits per heavy atom. The van der Waals surface area contributed by atoms with Crippen molar-refractivity contribution in [2.45, 2.75) is 37.5 Å². The summed E-state index contributed by atoms with van der Waals surface area (Å²) in [6.07, 6.45) is 2.06. The molecule has 1 fully saturated rings. The van der Waals surface area contributed by atoms with Crippen molar-refractivity contribution in [3.05, 3.63) is 54.1 Å². The summed E-state index contributed by atoms with van der Waals surface area (Å²) in [7, 11) is -3.98. The molecule has 0 spiro atoms. The second-order valence-corrected chi connectivity index (χ2v) is 8.56. The van der Waals surface area contributed by atoms with Crippen LogP contribution < -0.4 is 14.9 Å². The molecule has 1 aliphatic heterocycles. The lowest BCUT2D eigenvalue weighted by Crippen LogP contribution is -2.28. The Labute approximate surface area is 175 Å². The fraction of sp³-hybridized carbons (Fsp3) is 0.286. The van der Waals surface area contributed by atoms with Gasteiger partial charge in [0.15, 0.2) is 0 Å². The highest BCUT2D eigenvalue weighted by atomic mass is 32.2. The van der Waals surface area contributed by atoms with Crippen LogP contribution in [0.5, 0.6) is 0 Å². The number of nitrogens with zero attached hydrogens (tertiary/aromatic N) is 1. The largest absolute Gasteiger partial charge is 0.352 e. The van der Waals surface area contributed by atoms with Gasteiger partial charge in [0.25, 0.3) is 15.9 Å². The normalized spacial score (nSPS) is 14.1. The van der Waals surface area contributed by atoms with E-state index in [0.717, 1.165) is 17.7 Å². The Kier molecular flexibility index (Phi) is 6.51. The molecule has 0 unspecified atom stereocenters. The Bertz CT molecular complexity index is 1050. The number of amides is 3. The first-order valence-electron chi connectivity index (χ1n) is 9.69. The van der Waals surface area contributed by atoms with Crippen molar-refractivity contribution in [1.82, 2.24) is 5.32 Å². The van der Waals surface area contributed by atoms with Crippen LogP contribution in [-0.2, 0) is 19.6 Å². The van der Waals surface area contributed by atoms with E-state index < -0.39 is 10.0 Å². The molecule has 8 nitrogen and oxygen atoms in total. The van der Waals surface area contributed by atoms with E-state index in [0.29, 0.717) is 12.2 Å². The van der Waals surface area contributed by atoms with Crippen LogP contribution in [-0.4, -0.2) is 32.7 Å². The zero-order chi connectivity index (χ0) is 21.7. The summed E-state index contributed by atoms with van der Waals surface area (Å²) >= 11 is 0. The molecule has 0 radical (unpaired) electrons. The minimum atomic E-state index is -3.98. The van der Waals surface area contributed by atoms with Crippen molar-refractivity contribution in [3.8, 4) is 0 Å². The number of nitrogens with one attached hydrogen (secondary N) is 2. The van der Waals surface area contributed by atoms with E-state index in [1.165, 1.54) is 30.3 Å². The maximum atomic E-state index is 12.8. The van der Waals surface area contributed by atoms with Crippen LogP contribution in [0.1, 0.15) is 43.0 Å². The number of imide groups is 1. The highest BCUT2D eigenvalue weighted by molar-refractivity contribution is 7.92. The van der Waals surface area contributed by atoms with Gasteiger partial charge < -0.3 is 5.32 Å². The van der Waals surface area contributed by atoms with Gasteiger partial charge in [-0.25, -0.2) is 8.42 Å². The van der Waals surface area contributed by atoms with Crippen LogP contribution in [0, 0.1) is 0 Å². The van der Waals surface area contributed by atoms with Crippen LogP contribution in [0.15, 0.2) is 53.4 Å². The van der Waals surface area contributed by atoms with Gasteiger partial charge in [-0.3, -0.25) is 24.0 Å². The first-order chi connectivity index (χ1) is 14.3. The van der Waals surface area contributed by atoms with E-state index in [1.807, 2.05) is 6.92 Å². The number of anilines is 2. The summed E-state index contributed by atoms with van der Waals surface area (Å²) in [5.41, 5.74) is 0.722. The van der Waals surface area contributed by atoms with Gasteiger partial charge >= 0.3 is 0 Å². The van der Waals surface area contributed by atoms with Crippen LogP contribution in [0.3, 0.4) is 0 Å². The van der Waals surface area contributed by atoms with Crippen molar-refractivity contribution < 1.29 is 22.8 Å². The van der Waals surface area contributed by atoms with E-state index in [-0.39, 0.29) is 46.7 Å². The highest BCUT2D eigenvalue weighted by Gasteiger charge is 2.30. The van der Waals surface area contributed by atoms with Gasteiger partial charge in [-0.1, -0.05) is 25.5 Å². The molecule has 0 aliphatic carbocycles. The molecular formula is C21H23N3O5S. The summed E-state index contributed by atoms with van der Waals surface area (Å²) in [5.74, 6) is -0.975. The van der Waals surface area contributed by atoms with Crippen LogP contribution in [0.4, 0.5) is 11.4 Å². The highest BCUT2D eigenvalue weighted by Crippen LogP contribution is 2.25. The molecule has 0 saturated carbocycles. The molecular weight excluding hydrogens is 406 g/mol. The molecule has 1 heterocycles. The first-order valence-corrected chi connectivity index (χ1v) is 11.2. The third kappa shape index (κ3) is 4.68. The monoisotopic (exact) mass is 429 g/mol. The number of sulfonamides is 1. The molecule has 3 rings (SSSR count). The zero-order valence-electron chi connectivity index (χ0n) is 16.6. The first kappa shape index (κ1) is 21.5. The fourth-order valence-electron chi connectivity index (χ4n) is 3.09. The molecule has 30 heavy (non-hydrogen) atoms. The van der Waals surface area contributed by atoms with Gasteiger partial charge in [0.2, 0.25) is 11.8 Å². The maximum absolute atomic E-state index is 12.8. The molecule has 1 saturated heterocycles. The molecule has 0 atom stereocenters. The number of carbonyl (C=O) groups excluding carboxylic acids is 3. The molecule has 1 aliphatic rings. The minimum absolute atomic E-state index is 0.0495. The Morgan fingerprint density at radius 1 is 1.00 bits per heavy atom. The number of unbranched alkanes of at least 4 members (excludes halogenated alkanes) is 1. The van der Waals surface area contributed by atoms with Crippen LogP contribution >= 0.6 is 0 Å². The van der Waals surface area contributed by atoms with Gasteiger partial charge in [-0.2, -0.15) is 0 Å². The van der Waals surface area contributed by atoms with E-state index in [4.69, 9.17) is 0 Å². The van der Waals surface area contributed by atoms with E-state index in [2.05, 4.69) is 10.0 Å². The molecule has 3 amide bonds. The summed E-state index contributed by atoms with van der Waals surface area (Å²) in [4.78, 5) is 37.1. The van der Waals surface area contributed by atoms with Crippen molar-refractivity contribution in [2.75, 3.05) is 16.2 Å². The number of para-hydroxylation sites is 1. The summed E-state index contributed by atoms with van der Waals surface area (Å²) in [5, 5.41) is 2.77. The summed E-state index contributed by atoms with van der Waals surface area (Å²) < 4.78 is 28.1. The molecule has 0 bridgehead atoms. The SMILES string of the molecule is CCCCNC(=O)c1ccccc1NS(=O)(=O)c1ccc(N2C(=O)CCC2=O)cc1. The number of hydrogen-bond acceptors (Lipinski definition) is 5. The number of hydrogen-bond donors (Lipinski definition) is 2. The van der Waals surface area contributed by atoms with Gasteiger partial charge in [0, 0.05) is 19.4 Å². The summed E-state index contributed by atoms with van der Waals surface area (Å²) in [6.45, 7) is 2.51. The number of rotatable bonds is 8. The van der Waals surface area contributed by atoms with E-state index >= 15 is 0 Å². The molecule has 9 heteroatoms. The average Bonchev–Trinajstić information content (AvgIpc) is 3.06. The fourth-order valence-corrected chi connectivity index (χ4v) is 4.17. The minimum Gasteiger partial charge on any atom is -0.352 e. The lowest BCUT2D eigenvalue weighted by molar-refractivity contribution is -0.121. The quantitative estimate of drug-likeness (QED) is 0.495. The lowest BCUT2D eigenvalue weighted by atomic mass is 10.1. The smallest absolute Gasteiger partial charge is 0.261 e. The topological polar surface area (TPSA) is 113 Å². The predicted octanol–water partition coefficient (Wildman–Crippen LogP) is 2.67. The molecule has 158 valence electrons. The van der Waals surface area contributed by atoms with Crippen molar-refractivity contribution >= 4 is 39.1 Å². The lowest BCUT2D eigenvalue weighted by Gasteiger charge is -2.15. The third-order valence-electron chi connectivity index (χ3n) is 4.69. The molecule has 2 N–H and O–H groups in total. The zero-order valence-corrected chi connectivity index (χ0v) is 17.4. The number of benzene rings is 2. The van der Waals surface area contributed by atoms with Crippen LogP contribution in [0.2, 0.25) is 0 Å². The maximum Gasteiger partial charge on any atom is 0.261 e. The third-order valence-corrected chi connectivity index (χ3v) is 6.07. The molecule has 0 aromatic heterocycles. The van der Waals surface area contributed by atoms with E-state index in [9.17, 15) is 22.8 Å². The average molecular weight is 429 g/mol. The molecule has 2 aromatic rings. The number of carbonyl (C=O) groups is 3. The Balaban J connectivity index is 1.79. The van der Waals surface area contributed by atoms with Crippen LogP contribution in [0.25, 0.3) is 0 Å². The van der Waals surface area contributed by atoms with Crippen molar-refractivity contribution in [3.63, 3.8) is 0 Å². The van der Waals surface area contributed by atoms with E-state index in [1.54, 1.807) is 18.2 Å². The second-order valence-electron chi connectivity index (χ2n) is 6.88. The van der Waals surface area contributed by atoms with Gasteiger partial charge in [-0.15, -0.1) is 0 Å². The van der Waals surface area contributed by atoms with Gasteiger partial charge in [-0.05, 0) is 42.8 Å².